The highest BCUT2D eigenvalue weighted by atomic mass is 32.2. The van der Waals surface area contributed by atoms with Crippen LogP contribution in [0.1, 0.15) is 38.5 Å². The van der Waals surface area contributed by atoms with Gasteiger partial charge in [-0.25, -0.2) is 14.5 Å². The van der Waals surface area contributed by atoms with Gasteiger partial charge in [-0.05, 0) is 57.7 Å². The molecule has 170 valence electrons. The molecule has 2 N–H and O–H groups in total. The zero-order chi connectivity index (χ0) is 21.1. The normalized spacial score (nSPS) is 33.2. The number of carbonyl (C=O) groups excluding carboxylic acids is 2. The van der Waals surface area contributed by atoms with Crippen LogP contribution in [0.25, 0.3) is 0 Å². The van der Waals surface area contributed by atoms with Gasteiger partial charge in [-0.15, -0.1) is 0 Å². The number of nitrogens with zero attached hydrogens (tertiary/aromatic N) is 3. The van der Waals surface area contributed by atoms with Gasteiger partial charge < -0.3 is 19.7 Å². The van der Waals surface area contributed by atoms with E-state index in [1.165, 1.54) is 37.3 Å². The highest BCUT2D eigenvalue weighted by Crippen LogP contribution is 2.30. The van der Waals surface area contributed by atoms with E-state index >= 15 is 0 Å². The first kappa shape index (κ1) is 21.9. The third-order valence-electron chi connectivity index (χ3n) is 6.50. The van der Waals surface area contributed by atoms with Gasteiger partial charge in [0.1, 0.15) is 17.4 Å². The van der Waals surface area contributed by atoms with Gasteiger partial charge in [0.2, 0.25) is 0 Å². The van der Waals surface area contributed by atoms with Crippen LogP contribution in [0.4, 0.5) is 4.79 Å². The van der Waals surface area contributed by atoms with Crippen LogP contribution in [-0.2, 0) is 25.3 Å². The molecule has 0 saturated carbocycles. The van der Waals surface area contributed by atoms with E-state index < -0.39 is 29.3 Å². The fraction of sp³-hybridized carbons (Fsp3) is 0.889. The minimum atomic E-state index is -2.83. The summed E-state index contributed by atoms with van der Waals surface area (Å²) in [6.07, 6.45) is 5.85. The highest BCUT2D eigenvalue weighted by Gasteiger charge is 2.48. The standard InChI is InChI=1S/C18H31N5O6S/c24-17(16-5-4-15-11-22(16)18(25)23(15)29-30(26)27)20-28-12-14-8-13(9-19-14)10-21-6-2-1-3-7-21/h13-16,19H,1-12H2,(H,20,24)(H,26,27)/p-1/t13-,14+,15?,16?/m0/s1. The Morgan fingerprint density at radius 2 is 2.07 bits per heavy atom. The van der Waals surface area contributed by atoms with Crippen molar-refractivity contribution in [2.24, 2.45) is 5.92 Å². The smallest absolute Gasteiger partial charge is 0.346 e. The van der Waals surface area contributed by atoms with Crippen LogP contribution in [-0.4, -0.2) is 93.0 Å². The highest BCUT2D eigenvalue weighted by molar-refractivity contribution is 7.74. The molecule has 0 aromatic rings. The summed E-state index contributed by atoms with van der Waals surface area (Å²) in [6.45, 7) is 5.09. The van der Waals surface area contributed by atoms with Gasteiger partial charge in [0, 0.05) is 19.1 Å². The topological polar surface area (TPSA) is 127 Å². The summed E-state index contributed by atoms with van der Waals surface area (Å²) in [7, 11) is 0. The maximum absolute atomic E-state index is 12.5. The number of fused-ring (bicyclic) bond motifs is 2. The summed E-state index contributed by atoms with van der Waals surface area (Å²) in [5.74, 6) is 0.206. The number of urea groups is 1. The Morgan fingerprint density at radius 1 is 1.27 bits per heavy atom. The monoisotopic (exact) mass is 444 g/mol. The second-order valence-corrected chi connectivity index (χ2v) is 9.19. The first-order valence-electron chi connectivity index (χ1n) is 10.8. The van der Waals surface area contributed by atoms with E-state index in [-0.39, 0.29) is 18.6 Å². The van der Waals surface area contributed by atoms with E-state index in [0.717, 1.165) is 24.6 Å². The summed E-state index contributed by atoms with van der Waals surface area (Å²) in [6, 6.07) is -1.47. The third kappa shape index (κ3) is 5.11. The Hall–Kier alpha value is -1.31. The van der Waals surface area contributed by atoms with Crippen LogP contribution in [0.5, 0.6) is 0 Å². The van der Waals surface area contributed by atoms with Crippen LogP contribution >= 0.6 is 0 Å². The maximum Gasteiger partial charge on any atom is 0.346 e. The lowest BCUT2D eigenvalue weighted by Gasteiger charge is -2.29. The average Bonchev–Trinajstić information content (AvgIpc) is 3.27. The third-order valence-corrected chi connectivity index (χ3v) is 6.78. The van der Waals surface area contributed by atoms with Gasteiger partial charge in [0.15, 0.2) is 0 Å². The molecule has 4 rings (SSSR count). The lowest BCUT2D eigenvalue weighted by atomic mass is 10.0. The van der Waals surface area contributed by atoms with Crippen molar-refractivity contribution < 1.29 is 27.5 Å². The number of nitrogens with one attached hydrogen (secondary N) is 2. The van der Waals surface area contributed by atoms with E-state index in [2.05, 4.69) is 20.0 Å². The molecule has 4 fully saturated rings. The minimum Gasteiger partial charge on any atom is -0.748 e. The van der Waals surface area contributed by atoms with Crippen LogP contribution < -0.4 is 10.8 Å². The van der Waals surface area contributed by atoms with E-state index in [1.807, 2.05) is 0 Å². The Kier molecular flexibility index (Phi) is 7.21. The zero-order valence-electron chi connectivity index (χ0n) is 17.0. The number of rotatable bonds is 8. The number of hydroxylamine groups is 3. The van der Waals surface area contributed by atoms with E-state index in [0.29, 0.717) is 25.4 Å². The Balaban J connectivity index is 1.17. The first-order chi connectivity index (χ1) is 14.5. The van der Waals surface area contributed by atoms with Crippen LogP contribution in [0.2, 0.25) is 0 Å². The fourth-order valence-electron chi connectivity index (χ4n) is 5.03. The van der Waals surface area contributed by atoms with Crippen molar-refractivity contribution in [2.45, 2.75) is 56.7 Å². The molecule has 12 heteroatoms. The Labute approximate surface area is 178 Å². The van der Waals surface area contributed by atoms with Crippen molar-refractivity contribution in [3.63, 3.8) is 0 Å². The molecule has 4 aliphatic heterocycles. The molecule has 0 aliphatic carbocycles. The van der Waals surface area contributed by atoms with Gasteiger partial charge in [0.25, 0.3) is 5.91 Å². The number of carbonyl (C=O) groups is 2. The predicted octanol–water partition coefficient (Wildman–Crippen LogP) is -0.507. The zero-order valence-corrected chi connectivity index (χ0v) is 17.8. The van der Waals surface area contributed by atoms with Crippen molar-refractivity contribution in [3.8, 4) is 0 Å². The number of piperidine rings is 2. The largest absolute Gasteiger partial charge is 0.748 e. The Morgan fingerprint density at radius 3 is 2.83 bits per heavy atom. The first-order valence-corrected chi connectivity index (χ1v) is 11.8. The number of hydrogen-bond donors (Lipinski definition) is 2. The minimum absolute atomic E-state index is 0.195. The van der Waals surface area contributed by atoms with Crippen molar-refractivity contribution in [1.82, 2.24) is 25.7 Å². The average molecular weight is 445 g/mol. The molecule has 3 amide bonds. The molecule has 4 saturated heterocycles. The molecule has 30 heavy (non-hydrogen) atoms. The van der Waals surface area contributed by atoms with Crippen molar-refractivity contribution in [3.05, 3.63) is 0 Å². The molecule has 0 aromatic heterocycles. The van der Waals surface area contributed by atoms with Crippen LogP contribution in [0.15, 0.2) is 0 Å². The molecule has 5 atom stereocenters. The van der Waals surface area contributed by atoms with Crippen molar-refractivity contribution in [2.75, 3.05) is 39.3 Å². The quantitative estimate of drug-likeness (QED) is 0.379. The maximum atomic E-state index is 12.5. The molecule has 2 bridgehead atoms. The second kappa shape index (κ2) is 9.88. The van der Waals surface area contributed by atoms with Crippen LogP contribution in [0, 0.1) is 5.92 Å². The van der Waals surface area contributed by atoms with Gasteiger partial charge in [-0.1, -0.05) is 6.42 Å². The van der Waals surface area contributed by atoms with E-state index in [9.17, 15) is 18.4 Å². The van der Waals surface area contributed by atoms with Crippen molar-refractivity contribution >= 4 is 23.3 Å². The van der Waals surface area contributed by atoms with Crippen molar-refractivity contribution in [1.29, 1.82) is 0 Å². The molecular weight excluding hydrogens is 414 g/mol. The van der Waals surface area contributed by atoms with E-state index in [4.69, 9.17) is 4.84 Å². The molecule has 3 unspecified atom stereocenters. The summed E-state index contributed by atoms with van der Waals surface area (Å²) in [4.78, 5) is 34.2. The van der Waals surface area contributed by atoms with Gasteiger partial charge in [-0.2, -0.15) is 9.35 Å². The summed E-state index contributed by atoms with van der Waals surface area (Å²) >= 11 is -2.83. The van der Waals surface area contributed by atoms with Crippen LogP contribution in [0.3, 0.4) is 0 Å². The molecule has 0 spiro atoms. The number of likely N-dealkylation sites (tertiary alicyclic amines) is 1. The van der Waals surface area contributed by atoms with Gasteiger partial charge >= 0.3 is 6.03 Å². The predicted molar refractivity (Wildman–Crippen MR) is 105 cm³/mol. The second-order valence-electron chi connectivity index (χ2n) is 8.63. The Bertz CT molecular complexity index is 663. The van der Waals surface area contributed by atoms with Gasteiger partial charge in [-0.3, -0.25) is 9.63 Å². The summed E-state index contributed by atoms with van der Waals surface area (Å²) in [5.41, 5.74) is 2.47. The van der Waals surface area contributed by atoms with E-state index in [1.54, 1.807) is 0 Å². The fourth-order valence-corrected chi connectivity index (χ4v) is 5.34. The summed E-state index contributed by atoms with van der Waals surface area (Å²) < 4.78 is 26.1. The molecule has 0 radical (unpaired) electrons. The molecule has 4 aliphatic rings. The molecule has 0 aromatic carbocycles. The SMILES string of the molecule is O=C(NOC[C@H]1C[C@H](CN2CCCCC2)CN1)C1CCC2CN1C(=O)N2OS(=O)[O-]. The van der Waals surface area contributed by atoms with Gasteiger partial charge in [0.05, 0.1) is 12.6 Å². The number of hydrogen-bond acceptors (Lipinski definition) is 8. The lowest BCUT2D eigenvalue weighted by molar-refractivity contribution is -0.139. The number of amides is 3. The summed E-state index contributed by atoms with van der Waals surface area (Å²) in [5, 5.41) is 4.29. The lowest BCUT2D eigenvalue weighted by Crippen LogP contribution is -2.50. The molecule has 4 heterocycles. The molecule has 11 nitrogen and oxygen atoms in total. The molecular formula is C18H30N5O6S-.